The van der Waals surface area contributed by atoms with Crippen molar-refractivity contribution < 1.29 is 29.0 Å². The van der Waals surface area contributed by atoms with Crippen molar-refractivity contribution >= 4 is 40.5 Å². The quantitative estimate of drug-likeness (QED) is 0.781. The lowest BCUT2D eigenvalue weighted by atomic mass is 10.1. The van der Waals surface area contributed by atoms with Crippen LogP contribution in [0.25, 0.3) is 0 Å². The van der Waals surface area contributed by atoms with E-state index in [4.69, 9.17) is 4.74 Å². The third-order valence-electron chi connectivity index (χ3n) is 3.70. The molecule has 0 atom stereocenters. The zero-order valence-corrected chi connectivity index (χ0v) is 16.1. The van der Waals surface area contributed by atoms with Crippen LogP contribution in [0.1, 0.15) is 47.2 Å². The van der Waals surface area contributed by atoms with E-state index in [1.807, 2.05) is 0 Å². The number of amides is 4. The molecule has 1 aliphatic rings. The first-order valence-electron chi connectivity index (χ1n) is 8.24. The number of ether oxygens (including phenoxy) is 1. The molecule has 0 saturated heterocycles. The first-order valence-corrected chi connectivity index (χ1v) is 9.12. The highest BCUT2D eigenvalue weighted by molar-refractivity contribution is 7.14. The SMILES string of the molecule is CC(C)(C)OC(=O)N(C(=O)O)c1nc(CN2C(=O)c3ccccc3C2=O)cs1. The Morgan fingerprint density at radius 3 is 2.25 bits per heavy atom. The molecule has 1 aromatic heterocycles. The highest BCUT2D eigenvalue weighted by atomic mass is 32.1. The van der Waals surface area contributed by atoms with Gasteiger partial charge in [-0.25, -0.2) is 14.6 Å². The Hall–Kier alpha value is -3.27. The normalized spacial score (nSPS) is 13.5. The highest BCUT2D eigenvalue weighted by Crippen LogP contribution is 2.27. The van der Waals surface area contributed by atoms with Gasteiger partial charge in [0.05, 0.1) is 23.4 Å². The average molecular weight is 403 g/mol. The molecule has 1 aliphatic heterocycles. The second-order valence-electron chi connectivity index (χ2n) is 6.96. The summed E-state index contributed by atoms with van der Waals surface area (Å²) in [6.45, 7) is 4.70. The fourth-order valence-electron chi connectivity index (χ4n) is 2.56. The zero-order chi connectivity index (χ0) is 20.6. The van der Waals surface area contributed by atoms with Crippen molar-refractivity contribution in [3.63, 3.8) is 0 Å². The monoisotopic (exact) mass is 403 g/mol. The van der Waals surface area contributed by atoms with E-state index in [9.17, 15) is 24.3 Å². The van der Waals surface area contributed by atoms with Crippen LogP contribution in [0.5, 0.6) is 0 Å². The lowest BCUT2D eigenvalue weighted by Crippen LogP contribution is -2.40. The van der Waals surface area contributed by atoms with E-state index in [1.165, 1.54) is 5.38 Å². The summed E-state index contributed by atoms with van der Waals surface area (Å²) < 4.78 is 5.09. The summed E-state index contributed by atoms with van der Waals surface area (Å²) in [7, 11) is 0. The van der Waals surface area contributed by atoms with Gasteiger partial charge >= 0.3 is 12.2 Å². The minimum atomic E-state index is -1.55. The predicted molar refractivity (Wildman–Crippen MR) is 99.5 cm³/mol. The van der Waals surface area contributed by atoms with Gasteiger partial charge in [-0.05, 0) is 32.9 Å². The van der Waals surface area contributed by atoms with Gasteiger partial charge in [0.15, 0.2) is 0 Å². The van der Waals surface area contributed by atoms with Gasteiger partial charge in [0.25, 0.3) is 11.8 Å². The summed E-state index contributed by atoms with van der Waals surface area (Å²) in [4.78, 5) is 54.1. The van der Waals surface area contributed by atoms with Gasteiger partial charge in [-0.15, -0.1) is 11.3 Å². The van der Waals surface area contributed by atoms with Crippen LogP contribution in [0.4, 0.5) is 14.7 Å². The van der Waals surface area contributed by atoms with Gasteiger partial charge in [0, 0.05) is 5.38 Å². The number of carbonyl (C=O) groups is 4. The maximum Gasteiger partial charge on any atom is 0.426 e. The molecule has 2 aromatic rings. The van der Waals surface area contributed by atoms with Gasteiger partial charge in [0.2, 0.25) is 5.13 Å². The second kappa shape index (κ2) is 7.04. The number of nitrogens with zero attached hydrogens (tertiary/aromatic N) is 3. The van der Waals surface area contributed by atoms with E-state index in [-0.39, 0.29) is 17.4 Å². The lowest BCUT2D eigenvalue weighted by molar-refractivity contribution is 0.0577. The summed E-state index contributed by atoms with van der Waals surface area (Å²) in [5, 5.41) is 10.7. The minimum absolute atomic E-state index is 0.131. The molecular weight excluding hydrogens is 386 g/mol. The van der Waals surface area contributed by atoms with Crippen LogP contribution in [0, 0.1) is 0 Å². The molecule has 3 rings (SSSR count). The molecule has 0 saturated carbocycles. The Labute approximate surface area is 164 Å². The molecule has 1 aromatic carbocycles. The Balaban J connectivity index is 1.80. The molecular formula is C18H17N3O6S. The third-order valence-corrected chi connectivity index (χ3v) is 4.57. The van der Waals surface area contributed by atoms with Crippen molar-refractivity contribution in [2.24, 2.45) is 0 Å². The largest absolute Gasteiger partial charge is 0.464 e. The molecule has 2 heterocycles. The number of hydrogen-bond acceptors (Lipinski definition) is 7. The summed E-state index contributed by atoms with van der Waals surface area (Å²) in [5.41, 5.74) is 0.0162. The molecule has 0 unspecified atom stereocenters. The molecule has 9 nitrogen and oxygen atoms in total. The van der Waals surface area contributed by atoms with Crippen LogP contribution < -0.4 is 4.90 Å². The summed E-state index contributed by atoms with van der Waals surface area (Å²) in [6, 6.07) is 6.47. The molecule has 0 bridgehead atoms. The number of hydrogen-bond donors (Lipinski definition) is 1. The van der Waals surface area contributed by atoms with Crippen molar-refractivity contribution in [3.8, 4) is 0 Å². The van der Waals surface area contributed by atoms with Crippen molar-refractivity contribution in [3.05, 3.63) is 46.5 Å². The van der Waals surface area contributed by atoms with Crippen molar-refractivity contribution in [1.82, 2.24) is 9.88 Å². The molecule has 1 N–H and O–H groups in total. The predicted octanol–water partition coefficient (Wildman–Crippen LogP) is 3.36. The van der Waals surface area contributed by atoms with Crippen molar-refractivity contribution in [2.45, 2.75) is 32.9 Å². The van der Waals surface area contributed by atoms with E-state index in [1.54, 1.807) is 45.0 Å². The topological polar surface area (TPSA) is 117 Å². The molecule has 10 heteroatoms. The van der Waals surface area contributed by atoms with E-state index in [0.717, 1.165) is 16.2 Å². The summed E-state index contributed by atoms with van der Waals surface area (Å²) >= 11 is 0.894. The number of carboxylic acid groups (broad SMARTS) is 1. The van der Waals surface area contributed by atoms with Crippen molar-refractivity contribution in [2.75, 3.05) is 4.90 Å². The van der Waals surface area contributed by atoms with Gasteiger partial charge in [-0.3, -0.25) is 14.5 Å². The molecule has 0 aliphatic carbocycles. The van der Waals surface area contributed by atoms with Crippen LogP contribution >= 0.6 is 11.3 Å². The second-order valence-corrected chi connectivity index (χ2v) is 7.80. The number of imide groups is 2. The highest BCUT2D eigenvalue weighted by Gasteiger charge is 2.36. The van der Waals surface area contributed by atoms with E-state index >= 15 is 0 Å². The Morgan fingerprint density at radius 2 is 1.75 bits per heavy atom. The molecule has 0 fully saturated rings. The Morgan fingerprint density at radius 1 is 1.18 bits per heavy atom. The van der Waals surface area contributed by atoms with Gasteiger partial charge in [-0.2, -0.15) is 4.90 Å². The van der Waals surface area contributed by atoms with E-state index in [0.29, 0.717) is 16.0 Å². The van der Waals surface area contributed by atoms with E-state index in [2.05, 4.69) is 4.98 Å². The maximum absolute atomic E-state index is 12.4. The summed E-state index contributed by atoms with van der Waals surface area (Å²) in [6.07, 6.45) is -2.63. The molecule has 0 radical (unpaired) electrons. The fourth-order valence-corrected chi connectivity index (χ4v) is 3.36. The van der Waals surface area contributed by atoms with Crippen molar-refractivity contribution in [1.29, 1.82) is 0 Å². The fraction of sp³-hybridized carbons (Fsp3) is 0.278. The first-order chi connectivity index (χ1) is 13.1. The Bertz CT molecular complexity index is 943. The number of fused-ring (bicyclic) bond motifs is 1. The third kappa shape index (κ3) is 3.72. The summed E-state index contributed by atoms with van der Waals surface area (Å²) in [5.74, 6) is -0.894. The zero-order valence-electron chi connectivity index (χ0n) is 15.3. The molecule has 28 heavy (non-hydrogen) atoms. The number of aromatic nitrogens is 1. The lowest BCUT2D eigenvalue weighted by Gasteiger charge is -2.22. The van der Waals surface area contributed by atoms with Gasteiger partial charge < -0.3 is 9.84 Å². The number of anilines is 1. The van der Waals surface area contributed by atoms with Crippen LogP contribution in [-0.2, 0) is 11.3 Å². The first kappa shape index (κ1) is 19.5. The minimum Gasteiger partial charge on any atom is -0.464 e. The number of carbonyl (C=O) groups excluding carboxylic acids is 3. The number of benzene rings is 1. The molecule has 146 valence electrons. The smallest absolute Gasteiger partial charge is 0.426 e. The number of thiazole rings is 1. The standard InChI is InChI=1S/C18H17N3O6S/c1-18(2,3)27-17(26)21(16(24)25)15-19-10(9-28-15)8-20-13(22)11-6-4-5-7-12(11)14(20)23/h4-7,9H,8H2,1-3H3,(H,24,25). The van der Waals surface area contributed by atoms with E-state index < -0.39 is 29.6 Å². The molecule has 4 amide bonds. The Kier molecular flexibility index (Phi) is 4.90. The van der Waals surface area contributed by atoms with Crippen LogP contribution in [0.3, 0.4) is 0 Å². The molecule has 0 spiro atoms. The van der Waals surface area contributed by atoms with Gasteiger partial charge in [0.1, 0.15) is 5.60 Å². The van der Waals surface area contributed by atoms with Crippen LogP contribution in [0.2, 0.25) is 0 Å². The average Bonchev–Trinajstić information content (AvgIpc) is 3.13. The van der Waals surface area contributed by atoms with Gasteiger partial charge in [-0.1, -0.05) is 12.1 Å². The maximum atomic E-state index is 12.4. The van der Waals surface area contributed by atoms with Crippen LogP contribution in [0.15, 0.2) is 29.6 Å². The van der Waals surface area contributed by atoms with Crippen LogP contribution in [-0.4, -0.2) is 44.6 Å². The number of rotatable bonds is 3.